The molecule has 1 aliphatic heterocycles. The maximum atomic E-state index is 8.93. The van der Waals surface area contributed by atoms with E-state index in [-0.39, 0.29) is 0 Å². The van der Waals surface area contributed by atoms with E-state index in [1.807, 2.05) is 0 Å². The lowest BCUT2D eigenvalue weighted by Gasteiger charge is -2.22. The van der Waals surface area contributed by atoms with E-state index < -0.39 is 23.9 Å². The molecule has 2 aromatic rings. The summed E-state index contributed by atoms with van der Waals surface area (Å²) in [6.07, 6.45) is 3.68. The maximum absolute atomic E-state index is 8.93. The second-order valence-corrected chi connectivity index (χ2v) is 6.12. The van der Waals surface area contributed by atoms with E-state index in [1.165, 1.54) is 24.2 Å². The van der Waals surface area contributed by atoms with Crippen molar-refractivity contribution in [2.24, 2.45) is 13.0 Å². The third kappa shape index (κ3) is 7.97. The first-order chi connectivity index (χ1) is 13.6. The monoisotopic (exact) mass is 405 g/mol. The van der Waals surface area contributed by atoms with Crippen molar-refractivity contribution in [1.82, 2.24) is 14.9 Å². The van der Waals surface area contributed by atoms with Gasteiger partial charge in [0.1, 0.15) is 5.82 Å². The van der Waals surface area contributed by atoms with Crippen LogP contribution in [0.5, 0.6) is 0 Å². The second-order valence-electron chi connectivity index (χ2n) is 6.12. The number of piperidine rings is 1. The number of nitrogens with one attached hydrogen (secondary N) is 1. The molecule has 29 heavy (non-hydrogen) atoms. The molecular weight excluding hydrogens is 386 g/mol. The fourth-order valence-corrected chi connectivity index (χ4v) is 2.72. The molecule has 1 saturated heterocycles. The Morgan fingerprint density at radius 2 is 1.45 bits per heavy atom. The van der Waals surface area contributed by atoms with Crippen LogP contribution in [-0.2, 0) is 32.6 Å². The average Bonchev–Trinajstić information content (AvgIpc) is 2.99. The number of rotatable bonds is 2. The number of carboxylic acid groups (broad SMARTS) is 4. The molecule has 158 valence electrons. The lowest BCUT2D eigenvalue weighted by molar-refractivity contribution is -0.345. The summed E-state index contributed by atoms with van der Waals surface area (Å²) in [5.41, 5.74) is 2.37. The Kier molecular flexibility index (Phi) is 9.26. The zero-order valence-electron chi connectivity index (χ0n) is 15.6. The van der Waals surface area contributed by atoms with Crippen LogP contribution in [0.25, 0.3) is 11.0 Å². The van der Waals surface area contributed by atoms with Crippen molar-refractivity contribution in [3.8, 4) is 0 Å². The third-order valence-corrected chi connectivity index (χ3v) is 4.14. The van der Waals surface area contributed by atoms with E-state index in [9.17, 15) is 0 Å². The number of hydrogen-bond donors (Lipinski definition) is 1. The molecule has 3 rings (SSSR count). The summed E-state index contributed by atoms with van der Waals surface area (Å²) in [4.78, 5) is 40.5. The molecule has 0 bridgehead atoms. The summed E-state index contributed by atoms with van der Waals surface area (Å²) in [7, 11) is 2.13. The van der Waals surface area contributed by atoms with Gasteiger partial charge < -0.3 is 49.5 Å². The summed E-state index contributed by atoms with van der Waals surface area (Å²) in [5, 5.41) is 39.1. The Bertz CT molecular complexity index is 823. The molecule has 1 aromatic carbocycles. The first-order valence-electron chi connectivity index (χ1n) is 8.59. The smallest absolute Gasteiger partial charge is 0.109 e. The van der Waals surface area contributed by atoms with Gasteiger partial charge in [-0.3, -0.25) is 0 Å². The number of imidazole rings is 1. The summed E-state index contributed by atoms with van der Waals surface area (Å²) < 4.78 is 2.25. The summed E-state index contributed by atoms with van der Waals surface area (Å²) in [6, 6.07) is 8.39. The average molecular weight is 405 g/mol. The fraction of sp³-hybridized carbons (Fsp3) is 0.389. The van der Waals surface area contributed by atoms with Gasteiger partial charge in [0.05, 0.1) is 34.9 Å². The minimum Gasteiger partial charge on any atom is -0.543 e. The van der Waals surface area contributed by atoms with Crippen molar-refractivity contribution < 1.29 is 39.6 Å². The van der Waals surface area contributed by atoms with Crippen LogP contribution < -0.4 is 25.7 Å². The van der Waals surface area contributed by atoms with E-state index in [0.29, 0.717) is 0 Å². The van der Waals surface area contributed by atoms with Gasteiger partial charge >= 0.3 is 0 Å². The minimum absolute atomic E-state index is 0.798. The van der Waals surface area contributed by atoms with Crippen molar-refractivity contribution in [1.29, 1.82) is 0 Å². The van der Waals surface area contributed by atoms with Crippen LogP contribution in [0.1, 0.15) is 18.7 Å². The predicted octanol–water partition coefficient (Wildman–Crippen LogP) is -4.91. The van der Waals surface area contributed by atoms with Gasteiger partial charge in [0.25, 0.3) is 0 Å². The van der Waals surface area contributed by atoms with Gasteiger partial charge in [-0.15, -0.1) is 0 Å². The number of fused-ring (bicyclic) bond motifs is 1. The quantitative estimate of drug-likeness (QED) is 0.474. The number of benzene rings is 1. The number of nitrogens with zero attached hydrogens (tertiary/aromatic N) is 2. The van der Waals surface area contributed by atoms with Crippen LogP contribution in [0, 0.1) is 5.92 Å². The summed E-state index contributed by atoms with van der Waals surface area (Å²) in [6.45, 7) is 2.32. The Morgan fingerprint density at radius 1 is 0.966 bits per heavy atom. The molecule has 1 aliphatic rings. The fourth-order valence-electron chi connectivity index (χ4n) is 2.72. The van der Waals surface area contributed by atoms with Crippen LogP contribution >= 0.6 is 0 Å². The normalized spacial score (nSPS) is 13.4. The van der Waals surface area contributed by atoms with E-state index in [0.717, 1.165) is 30.9 Å². The molecule has 0 unspecified atom stereocenters. The number of carboxylic acids is 4. The zero-order valence-corrected chi connectivity index (χ0v) is 15.6. The molecule has 0 radical (unpaired) electrons. The van der Waals surface area contributed by atoms with Crippen molar-refractivity contribution >= 4 is 34.9 Å². The molecule has 2 heterocycles. The van der Waals surface area contributed by atoms with Crippen LogP contribution in [-0.4, -0.2) is 46.5 Å². The van der Waals surface area contributed by atoms with Crippen molar-refractivity contribution in [3.05, 3.63) is 30.1 Å². The number of carbonyl (C=O) groups excluding carboxylic acids is 4. The van der Waals surface area contributed by atoms with Crippen LogP contribution in [0.2, 0.25) is 0 Å². The van der Waals surface area contributed by atoms with Crippen molar-refractivity contribution in [2.45, 2.75) is 19.3 Å². The molecule has 0 amide bonds. The van der Waals surface area contributed by atoms with Gasteiger partial charge in [-0.25, -0.2) is 4.98 Å². The van der Waals surface area contributed by atoms with E-state index in [1.54, 1.807) is 0 Å². The minimum atomic E-state index is -2.19. The van der Waals surface area contributed by atoms with Crippen molar-refractivity contribution in [2.75, 3.05) is 13.1 Å². The number of aromatic nitrogens is 2. The molecule has 11 nitrogen and oxygen atoms in total. The molecule has 0 atom stereocenters. The van der Waals surface area contributed by atoms with Crippen LogP contribution in [0.3, 0.4) is 0 Å². The number of carbonyl (C=O) groups is 4. The Labute approximate surface area is 165 Å². The zero-order chi connectivity index (χ0) is 22.0. The number of hydrogen-bond acceptors (Lipinski definition) is 10. The third-order valence-electron chi connectivity index (χ3n) is 4.14. The lowest BCUT2D eigenvalue weighted by atomic mass is 9.94. The van der Waals surface area contributed by atoms with E-state index in [2.05, 4.69) is 41.2 Å². The molecule has 0 saturated carbocycles. The van der Waals surface area contributed by atoms with Gasteiger partial charge in [0, 0.05) is 13.5 Å². The molecule has 1 N–H and O–H groups in total. The largest absolute Gasteiger partial charge is 0.543 e. The van der Waals surface area contributed by atoms with Gasteiger partial charge in [-0.05, 0) is 44.0 Å². The lowest BCUT2D eigenvalue weighted by Crippen LogP contribution is -2.42. The molecule has 11 heteroatoms. The van der Waals surface area contributed by atoms with E-state index >= 15 is 0 Å². The van der Waals surface area contributed by atoms with Gasteiger partial charge in [0.2, 0.25) is 0 Å². The highest BCUT2D eigenvalue weighted by molar-refractivity contribution is 6.25. The number of aliphatic carboxylic acids is 4. The summed E-state index contributed by atoms with van der Waals surface area (Å²) >= 11 is 0. The second kappa shape index (κ2) is 11.4. The Hall–Kier alpha value is -3.47. The molecule has 0 aliphatic carbocycles. The Morgan fingerprint density at radius 3 is 1.90 bits per heavy atom. The number of aryl methyl sites for hydroxylation is 1. The first kappa shape index (κ1) is 23.6. The van der Waals surface area contributed by atoms with Gasteiger partial charge in [-0.1, -0.05) is 12.1 Å². The standard InChI is InChI=1S/C14H19N3.2C2H2O4/c1-17-13-5-3-2-4-12(13)16-14(17)10-11-6-8-15-9-7-11;2*3-1(4)2(5)6/h2-5,11,15H,6-10H2,1H3;2*(H,3,4)(H,5,6)/p-4. The first-order valence-corrected chi connectivity index (χ1v) is 8.59. The number of para-hydroxylation sites is 2. The molecular formula is C18H19N3O8-4. The van der Waals surface area contributed by atoms with Crippen molar-refractivity contribution in [3.63, 3.8) is 0 Å². The predicted molar refractivity (Wildman–Crippen MR) is 90.0 cm³/mol. The topological polar surface area (TPSA) is 190 Å². The van der Waals surface area contributed by atoms with E-state index in [4.69, 9.17) is 44.6 Å². The highest BCUT2D eigenvalue weighted by atomic mass is 16.4. The molecule has 1 aromatic heterocycles. The highest BCUT2D eigenvalue weighted by Gasteiger charge is 2.16. The van der Waals surface area contributed by atoms with Crippen LogP contribution in [0.4, 0.5) is 0 Å². The molecule has 0 spiro atoms. The SMILES string of the molecule is Cn1c(CC2CCNCC2)nc2ccccc21.O=C([O-])C(=O)[O-].O=C([O-])C(=O)[O-]. The van der Waals surface area contributed by atoms with Crippen LogP contribution in [0.15, 0.2) is 24.3 Å². The highest BCUT2D eigenvalue weighted by Crippen LogP contribution is 2.20. The van der Waals surface area contributed by atoms with Gasteiger partial charge in [-0.2, -0.15) is 0 Å². The molecule has 1 fully saturated rings. The van der Waals surface area contributed by atoms with Gasteiger partial charge in [0.15, 0.2) is 0 Å². The summed E-state index contributed by atoms with van der Waals surface area (Å²) in [5.74, 6) is -6.71. The Balaban J connectivity index is 0.000000293. The maximum Gasteiger partial charge on any atom is 0.109 e.